The summed E-state index contributed by atoms with van der Waals surface area (Å²) >= 11 is 0. The molecule has 0 aliphatic heterocycles. The fourth-order valence-corrected chi connectivity index (χ4v) is 7.20. The molecule has 0 spiro atoms. The van der Waals surface area contributed by atoms with Crippen molar-refractivity contribution in [1.82, 2.24) is 4.72 Å². The third-order valence-corrected chi connectivity index (χ3v) is 9.65. The van der Waals surface area contributed by atoms with Gasteiger partial charge in [0.25, 0.3) is 0 Å². The van der Waals surface area contributed by atoms with Crippen LogP contribution >= 0.6 is 0 Å². The molecule has 0 fully saturated rings. The average molecular weight is 714 g/mol. The summed E-state index contributed by atoms with van der Waals surface area (Å²) in [4.78, 5) is 0.392. The number of nitrogens with one attached hydrogen (secondary N) is 1. The van der Waals surface area contributed by atoms with Crippen molar-refractivity contribution in [3.8, 4) is 0 Å². The molecule has 2 atom stereocenters. The van der Waals surface area contributed by atoms with Crippen molar-refractivity contribution < 1.29 is 27.9 Å². The second-order valence-electron chi connectivity index (χ2n) is 13.0. The molecule has 0 unspecified atom stereocenters. The Bertz CT molecular complexity index is 1540. The molecule has 0 aliphatic rings. The summed E-state index contributed by atoms with van der Waals surface area (Å²) in [7, 11) is -3.88. The molecule has 0 aliphatic carbocycles. The van der Waals surface area contributed by atoms with Gasteiger partial charge in [0.05, 0.1) is 17.0 Å². The van der Waals surface area contributed by atoms with Crippen LogP contribution in [0, 0.1) is 6.92 Å². The summed E-state index contributed by atoms with van der Waals surface area (Å²) in [5.74, 6) is 1.07. The zero-order chi connectivity index (χ0) is 32.6. The van der Waals surface area contributed by atoms with Crippen molar-refractivity contribution in [3.05, 3.63) is 136 Å². The van der Waals surface area contributed by atoms with E-state index in [0.29, 0.717) is 16.7 Å². The summed E-state index contributed by atoms with van der Waals surface area (Å²) in [6.07, 6.45) is 0. The van der Waals surface area contributed by atoms with Crippen molar-refractivity contribution in [2.75, 3.05) is 0 Å². The molecule has 3 N–H and O–H groups in total. The van der Waals surface area contributed by atoms with Gasteiger partial charge in [-0.25, -0.2) is 13.1 Å². The van der Waals surface area contributed by atoms with Gasteiger partial charge >= 0.3 is 0 Å². The van der Waals surface area contributed by atoms with E-state index in [4.69, 9.17) is 5.73 Å². The minimum atomic E-state index is -3.88. The van der Waals surface area contributed by atoms with Gasteiger partial charge < -0.3 is 5.73 Å². The number of hydrogen-bond acceptors (Lipinski definition) is 3. The van der Waals surface area contributed by atoms with Gasteiger partial charge in [0.2, 0.25) is 10.0 Å². The SMILES string of the molecule is CC(C)c1cc(C(C)C)c(S(=O)(=O)N[C@H](c2ccccc2)[C@H](N)c2ccccc2)c(C(C)C)c1.Cc1ccc(C(C)C)cc1.[Ru]. The molecule has 0 aromatic heterocycles. The van der Waals surface area contributed by atoms with Crippen LogP contribution < -0.4 is 10.5 Å². The van der Waals surface area contributed by atoms with Crippen LogP contribution in [0.15, 0.2) is 102 Å². The standard InChI is InChI=1S/C29H38N2O2S.C10H14.Ru/c1-19(2)24-17-25(20(3)4)29(26(18-24)21(5)6)34(32,33)31-28(23-15-11-8-12-16-23)27(30)22-13-9-7-10-14-22;1-8(2)10-6-4-9(3)5-7-10;/h7-21,27-28,31H,30H2,1-6H3;4-8H,1-3H3;/t27-,28-;;/m1../s1. The van der Waals surface area contributed by atoms with E-state index >= 15 is 0 Å². The molecule has 4 aromatic carbocycles. The molecule has 0 heterocycles. The van der Waals surface area contributed by atoms with E-state index < -0.39 is 22.1 Å². The summed E-state index contributed by atoms with van der Waals surface area (Å²) in [5.41, 5.74) is 14.0. The molecule has 0 saturated heterocycles. The molecule has 0 amide bonds. The Balaban J connectivity index is 0.000000546. The van der Waals surface area contributed by atoms with E-state index in [9.17, 15) is 8.42 Å². The van der Waals surface area contributed by atoms with Crippen LogP contribution in [0.3, 0.4) is 0 Å². The number of sulfonamides is 1. The van der Waals surface area contributed by atoms with Gasteiger partial charge in [-0.1, -0.05) is 158 Å². The number of benzene rings is 4. The van der Waals surface area contributed by atoms with Gasteiger partial charge in [0, 0.05) is 19.5 Å². The normalized spacial score (nSPS) is 12.9. The topological polar surface area (TPSA) is 72.2 Å². The van der Waals surface area contributed by atoms with Crippen molar-refractivity contribution >= 4 is 10.0 Å². The van der Waals surface area contributed by atoms with Crippen molar-refractivity contribution in [2.45, 2.75) is 103 Å². The maximum atomic E-state index is 14.1. The van der Waals surface area contributed by atoms with Crippen LogP contribution in [-0.4, -0.2) is 8.42 Å². The van der Waals surface area contributed by atoms with Crippen LogP contribution in [0.1, 0.15) is 130 Å². The van der Waals surface area contributed by atoms with Gasteiger partial charge in [-0.3, -0.25) is 0 Å². The van der Waals surface area contributed by atoms with E-state index in [1.54, 1.807) is 0 Å². The first-order valence-corrected chi connectivity index (χ1v) is 17.3. The van der Waals surface area contributed by atoms with Gasteiger partial charge in [0.15, 0.2) is 0 Å². The summed E-state index contributed by atoms with van der Waals surface area (Å²) in [6.45, 7) is 19.0. The first kappa shape index (κ1) is 38.6. The molecule has 45 heavy (non-hydrogen) atoms. The van der Waals surface area contributed by atoms with Gasteiger partial charge in [-0.05, 0) is 64.0 Å². The monoisotopic (exact) mass is 714 g/mol. The Morgan fingerprint density at radius 1 is 0.556 bits per heavy atom. The molecular formula is C39H52N2O2RuS. The predicted molar refractivity (Wildman–Crippen MR) is 187 cm³/mol. The van der Waals surface area contributed by atoms with Crippen LogP contribution in [0.5, 0.6) is 0 Å². The van der Waals surface area contributed by atoms with E-state index in [1.165, 1.54) is 11.1 Å². The number of hydrogen-bond donors (Lipinski definition) is 2. The second kappa shape index (κ2) is 17.3. The van der Waals surface area contributed by atoms with E-state index in [2.05, 4.69) is 75.7 Å². The van der Waals surface area contributed by atoms with Gasteiger partial charge in [-0.2, -0.15) is 0 Å². The van der Waals surface area contributed by atoms with E-state index in [1.807, 2.05) is 88.4 Å². The molecule has 0 saturated carbocycles. The van der Waals surface area contributed by atoms with Crippen molar-refractivity contribution in [1.29, 1.82) is 0 Å². The van der Waals surface area contributed by atoms with E-state index in [0.717, 1.165) is 27.8 Å². The Labute approximate surface area is 286 Å². The third-order valence-electron chi connectivity index (χ3n) is 8.08. The van der Waals surface area contributed by atoms with Crippen LogP contribution in [0.25, 0.3) is 0 Å². The second-order valence-corrected chi connectivity index (χ2v) is 14.7. The zero-order valence-electron chi connectivity index (χ0n) is 28.4. The Morgan fingerprint density at radius 2 is 0.978 bits per heavy atom. The molecule has 244 valence electrons. The number of nitrogens with two attached hydrogens (primary N) is 1. The molecule has 4 rings (SSSR count). The number of aryl methyl sites for hydroxylation is 1. The van der Waals surface area contributed by atoms with Crippen molar-refractivity contribution in [2.24, 2.45) is 5.73 Å². The fraction of sp³-hybridized carbons (Fsp3) is 0.385. The average Bonchev–Trinajstić information content (AvgIpc) is 3.00. The smallest absolute Gasteiger partial charge is 0.241 e. The first-order valence-electron chi connectivity index (χ1n) is 15.8. The van der Waals surface area contributed by atoms with Crippen molar-refractivity contribution in [3.63, 3.8) is 0 Å². The first-order chi connectivity index (χ1) is 20.7. The molecule has 4 aromatic rings. The summed E-state index contributed by atoms with van der Waals surface area (Å²) < 4.78 is 31.2. The Hall–Kier alpha value is -2.63. The quantitative estimate of drug-likeness (QED) is 0.161. The maximum absolute atomic E-state index is 14.1. The molecular weight excluding hydrogens is 662 g/mol. The zero-order valence-corrected chi connectivity index (χ0v) is 30.9. The van der Waals surface area contributed by atoms with Crippen LogP contribution in [0.2, 0.25) is 0 Å². The molecule has 6 heteroatoms. The van der Waals surface area contributed by atoms with Gasteiger partial charge in [-0.15, -0.1) is 0 Å². The molecule has 0 radical (unpaired) electrons. The predicted octanol–water partition coefficient (Wildman–Crippen LogP) is 9.89. The summed E-state index contributed by atoms with van der Waals surface area (Å²) in [5, 5.41) is 0. The van der Waals surface area contributed by atoms with Crippen LogP contribution in [-0.2, 0) is 29.5 Å². The van der Waals surface area contributed by atoms with Crippen LogP contribution in [0.4, 0.5) is 0 Å². The minimum absolute atomic E-state index is 0. The third kappa shape index (κ3) is 10.4. The number of rotatable bonds is 10. The molecule has 4 nitrogen and oxygen atoms in total. The fourth-order valence-electron chi connectivity index (χ4n) is 5.25. The molecule has 0 bridgehead atoms. The minimum Gasteiger partial charge on any atom is -0.322 e. The summed E-state index contributed by atoms with van der Waals surface area (Å²) in [6, 6.07) is 30.9. The largest absolute Gasteiger partial charge is 0.322 e. The maximum Gasteiger partial charge on any atom is 0.241 e. The Morgan fingerprint density at radius 3 is 1.38 bits per heavy atom. The van der Waals surface area contributed by atoms with Gasteiger partial charge in [0.1, 0.15) is 0 Å². The van der Waals surface area contributed by atoms with E-state index in [-0.39, 0.29) is 31.3 Å². The Kier molecular flexibility index (Phi) is 14.9.